The Bertz CT molecular complexity index is 1740. The quantitative estimate of drug-likeness (QED) is 0.0222. The number of phosphoric acid groups is 2. The van der Waals surface area contributed by atoms with Crippen LogP contribution in [0.15, 0.2) is 0 Å². The number of rotatable bonds is 71. The van der Waals surface area contributed by atoms with Crippen LogP contribution in [0.2, 0.25) is 0 Å². The Kier molecular flexibility index (Phi) is 63.0. The van der Waals surface area contributed by atoms with Crippen molar-refractivity contribution in [2.75, 3.05) is 39.6 Å². The van der Waals surface area contributed by atoms with Crippen LogP contribution < -0.4 is 0 Å². The second kappa shape index (κ2) is 64.4. The van der Waals surface area contributed by atoms with E-state index in [4.69, 9.17) is 37.0 Å². The summed E-state index contributed by atoms with van der Waals surface area (Å²) in [6.45, 7) is 7.18. The first-order valence-electron chi connectivity index (χ1n) is 37.1. The molecule has 5 atom stereocenters. The third kappa shape index (κ3) is 64.8. The molecule has 0 spiro atoms. The Morgan fingerprint density at radius 3 is 0.756 bits per heavy atom. The summed E-state index contributed by atoms with van der Waals surface area (Å²) in [5.74, 6) is -1.38. The van der Waals surface area contributed by atoms with Crippen LogP contribution in [-0.4, -0.2) is 96.7 Å². The van der Waals surface area contributed by atoms with E-state index in [0.717, 1.165) is 102 Å². The normalized spacial score (nSPS) is 14.1. The van der Waals surface area contributed by atoms with Crippen LogP contribution >= 0.6 is 15.6 Å². The zero-order valence-electron chi connectivity index (χ0n) is 58.3. The lowest BCUT2D eigenvalue weighted by Crippen LogP contribution is -2.30. The Morgan fingerprint density at radius 1 is 0.300 bits per heavy atom. The van der Waals surface area contributed by atoms with Crippen LogP contribution in [0.3, 0.4) is 0 Å². The van der Waals surface area contributed by atoms with Gasteiger partial charge in [0, 0.05) is 25.7 Å². The number of hydrogen-bond donors (Lipinski definition) is 3. The highest BCUT2D eigenvalue weighted by Crippen LogP contribution is 2.45. The monoisotopic (exact) mass is 1320 g/mol. The molecule has 0 aliphatic rings. The number of unbranched alkanes of at least 4 members (excludes halogenated alkanes) is 43. The summed E-state index contributed by atoms with van der Waals surface area (Å²) in [5.41, 5.74) is 0. The van der Waals surface area contributed by atoms with Gasteiger partial charge in [-0.3, -0.25) is 37.3 Å². The molecular weight excluding hydrogens is 1190 g/mol. The summed E-state index contributed by atoms with van der Waals surface area (Å²) in [4.78, 5) is 72.4. The summed E-state index contributed by atoms with van der Waals surface area (Å²) < 4.78 is 68.2. The van der Waals surface area contributed by atoms with Gasteiger partial charge in [-0.25, -0.2) is 9.13 Å². The van der Waals surface area contributed by atoms with Crippen molar-refractivity contribution in [2.24, 2.45) is 5.92 Å². The highest BCUT2D eigenvalue weighted by atomic mass is 31.2. The van der Waals surface area contributed by atoms with Crippen LogP contribution in [0.4, 0.5) is 0 Å². The smallest absolute Gasteiger partial charge is 0.462 e. The minimum atomic E-state index is -4.95. The molecule has 0 radical (unpaired) electrons. The zero-order valence-corrected chi connectivity index (χ0v) is 60.1. The fraction of sp³-hybridized carbons (Fsp3) is 0.944. The second-order valence-corrected chi connectivity index (χ2v) is 29.0. The topological polar surface area (TPSA) is 237 Å². The lowest BCUT2D eigenvalue weighted by Gasteiger charge is -2.21. The van der Waals surface area contributed by atoms with Gasteiger partial charge in [-0.2, -0.15) is 0 Å². The van der Waals surface area contributed by atoms with E-state index in [1.54, 1.807) is 0 Å². The number of aliphatic hydroxyl groups is 1. The predicted octanol–water partition coefficient (Wildman–Crippen LogP) is 20.5. The molecule has 0 amide bonds. The molecule has 0 aliphatic carbocycles. The average Bonchev–Trinajstić information content (AvgIpc) is 2.91. The van der Waals surface area contributed by atoms with Crippen LogP contribution in [-0.2, 0) is 65.4 Å². The maximum Gasteiger partial charge on any atom is 0.472 e. The largest absolute Gasteiger partial charge is 0.472 e. The van der Waals surface area contributed by atoms with Crippen molar-refractivity contribution < 1.29 is 80.2 Å². The maximum atomic E-state index is 13.0. The second-order valence-electron chi connectivity index (χ2n) is 26.1. The molecule has 2 unspecified atom stereocenters. The molecule has 0 saturated carbocycles. The minimum Gasteiger partial charge on any atom is -0.462 e. The van der Waals surface area contributed by atoms with Gasteiger partial charge >= 0.3 is 39.5 Å². The van der Waals surface area contributed by atoms with Crippen molar-refractivity contribution in [1.82, 2.24) is 0 Å². The molecule has 0 heterocycles. The molecule has 3 N–H and O–H groups in total. The number of esters is 4. The summed E-state index contributed by atoms with van der Waals surface area (Å²) >= 11 is 0. The van der Waals surface area contributed by atoms with Crippen LogP contribution in [0.5, 0.6) is 0 Å². The van der Waals surface area contributed by atoms with E-state index in [1.165, 1.54) is 186 Å². The van der Waals surface area contributed by atoms with E-state index < -0.39 is 97.5 Å². The van der Waals surface area contributed by atoms with Crippen molar-refractivity contribution in [3.8, 4) is 0 Å². The van der Waals surface area contributed by atoms with Gasteiger partial charge in [-0.1, -0.05) is 317 Å². The van der Waals surface area contributed by atoms with Crippen molar-refractivity contribution >= 4 is 39.5 Å². The van der Waals surface area contributed by atoms with Gasteiger partial charge in [0.1, 0.15) is 19.3 Å². The van der Waals surface area contributed by atoms with Crippen molar-refractivity contribution in [3.63, 3.8) is 0 Å². The lowest BCUT2D eigenvalue weighted by atomic mass is 10.0. The van der Waals surface area contributed by atoms with Crippen LogP contribution in [0, 0.1) is 5.92 Å². The summed E-state index contributed by atoms with van der Waals surface area (Å²) in [6, 6.07) is 0. The number of carbonyl (C=O) groups is 4. The Morgan fingerprint density at radius 2 is 0.511 bits per heavy atom. The molecule has 534 valence electrons. The Hall–Kier alpha value is -1.94. The van der Waals surface area contributed by atoms with E-state index >= 15 is 0 Å². The van der Waals surface area contributed by atoms with Gasteiger partial charge in [0.2, 0.25) is 0 Å². The third-order valence-corrected chi connectivity index (χ3v) is 18.4. The van der Waals surface area contributed by atoms with E-state index in [1.807, 2.05) is 0 Å². The van der Waals surface area contributed by atoms with E-state index in [-0.39, 0.29) is 25.7 Å². The minimum absolute atomic E-state index is 0.106. The molecular formula is C71H138O17P2. The molecule has 0 bridgehead atoms. The molecule has 0 aromatic heterocycles. The highest BCUT2D eigenvalue weighted by molar-refractivity contribution is 7.47. The number of ether oxygens (including phenoxy) is 4. The van der Waals surface area contributed by atoms with Crippen molar-refractivity contribution in [2.45, 2.75) is 387 Å². The molecule has 0 saturated heterocycles. The number of phosphoric ester groups is 2. The lowest BCUT2D eigenvalue weighted by molar-refractivity contribution is -0.161. The van der Waals surface area contributed by atoms with E-state index in [2.05, 4.69) is 34.6 Å². The zero-order chi connectivity index (χ0) is 66.3. The summed E-state index contributed by atoms with van der Waals surface area (Å²) in [5, 5.41) is 10.6. The van der Waals surface area contributed by atoms with Gasteiger partial charge in [-0.05, 0) is 31.6 Å². The SMILES string of the molecule is CCCCCCCCCCCCCCCCCCCCCCCC(=O)O[C@H](COC(=O)CCCCCCCCCCCC(C)C)COP(=O)(O)OC[C@@H](O)COP(=O)(O)OC[C@@H](COC(=O)CCCCCCCCCC)OC(=O)CCCCCCCCCCC. The molecule has 17 nitrogen and oxygen atoms in total. The number of carbonyl (C=O) groups excluding carboxylic acids is 4. The van der Waals surface area contributed by atoms with Gasteiger partial charge in [0.25, 0.3) is 0 Å². The van der Waals surface area contributed by atoms with Crippen molar-refractivity contribution in [3.05, 3.63) is 0 Å². The van der Waals surface area contributed by atoms with Crippen LogP contribution in [0.1, 0.15) is 369 Å². The van der Waals surface area contributed by atoms with Gasteiger partial charge in [0.05, 0.1) is 26.4 Å². The van der Waals surface area contributed by atoms with Crippen LogP contribution in [0.25, 0.3) is 0 Å². The third-order valence-electron chi connectivity index (χ3n) is 16.5. The maximum absolute atomic E-state index is 13.0. The van der Waals surface area contributed by atoms with Gasteiger partial charge in [-0.15, -0.1) is 0 Å². The predicted molar refractivity (Wildman–Crippen MR) is 363 cm³/mol. The summed E-state index contributed by atoms with van der Waals surface area (Å²) in [7, 11) is -9.89. The first kappa shape index (κ1) is 88.1. The standard InChI is InChI=1S/C71H138O17P2/c1-6-9-12-15-18-21-22-23-24-25-26-27-28-29-30-31-32-36-42-47-52-57-71(76)88-67(61-82-69(74)55-50-45-40-37-33-35-38-43-48-53-64(4)5)63-86-90(79,80)84-59-65(72)58-83-89(77,78)85-62-66(60-81-68(73)54-49-44-39-20-17-14-11-8-3)87-70(75)56-51-46-41-34-19-16-13-10-7-2/h64-67,72H,6-63H2,1-5H3,(H,77,78)(H,79,80)/t65-,66+,67+/m0/s1. The fourth-order valence-electron chi connectivity index (χ4n) is 10.8. The molecule has 0 rings (SSSR count). The van der Waals surface area contributed by atoms with E-state index in [9.17, 15) is 43.2 Å². The van der Waals surface area contributed by atoms with Crippen molar-refractivity contribution in [1.29, 1.82) is 0 Å². The molecule has 0 aromatic carbocycles. The first-order valence-corrected chi connectivity index (χ1v) is 40.1. The number of hydrogen-bond acceptors (Lipinski definition) is 15. The first-order chi connectivity index (χ1) is 43.5. The molecule has 19 heteroatoms. The number of aliphatic hydroxyl groups excluding tert-OH is 1. The fourth-order valence-corrected chi connectivity index (χ4v) is 12.4. The molecule has 90 heavy (non-hydrogen) atoms. The highest BCUT2D eigenvalue weighted by Gasteiger charge is 2.30. The molecule has 0 aromatic rings. The molecule has 0 fully saturated rings. The van der Waals surface area contributed by atoms with Gasteiger partial charge < -0.3 is 33.8 Å². The Balaban J connectivity index is 5.14. The van der Waals surface area contributed by atoms with Gasteiger partial charge in [0.15, 0.2) is 12.2 Å². The average molecular weight is 1330 g/mol. The molecule has 0 aliphatic heterocycles. The Labute approximate surface area is 549 Å². The van der Waals surface area contributed by atoms with E-state index in [0.29, 0.717) is 25.7 Å². The summed E-state index contributed by atoms with van der Waals surface area (Å²) in [6.07, 6.45) is 51.6.